The summed E-state index contributed by atoms with van der Waals surface area (Å²) >= 11 is 2.03. The third-order valence-electron chi connectivity index (χ3n) is 4.35. The van der Waals surface area contributed by atoms with Crippen LogP contribution in [0.1, 0.15) is 25.5 Å². The molecule has 4 nitrogen and oxygen atoms in total. The summed E-state index contributed by atoms with van der Waals surface area (Å²) in [7, 11) is 3.36. The lowest BCUT2D eigenvalue weighted by molar-refractivity contribution is 0.148. The van der Waals surface area contributed by atoms with Crippen LogP contribution in [0.5, 0.6) is 11.5 Å². The third kappa shape index (κ3) is 3.30. The highest BCUT2D eigenvalue weighted by molar-refractivity contribution is 8.00. The molecule has 1 aliphatic rings. The lowest BCUT2D eigenvalue weighted by atomic mass is 10.0. The smallest absolute Gasteiger partial charge is 0.165 e. The van der Waals surface area contributed by atoms with Gasteiger partial charge in [-0.2, -0.15) is 11.8 Å². The molecule has 5 heteroatoms. The summed E-state index contributed by atoms with van der Waals surface area (Å²) in [5.41, 5.74) is 7.23. The predicted molar refractivity (Wildman–Crippen MR) is 89.4 cm³/mol. The van der Waals surface area contributed by atoms with E-state index in [0.29, 0.717) is 17.8 Å². The minimum Gasteiger partial charge on any atom is -0.493 e. The van der Waals surface area contributed by atoms with Crippen molar-refractivity contribution in [1.29, 1.82) is 0 Å². The van der Waals surface area contributed by atoms with Crippen molar-refractivity contribution in [3.8, 4) is 11.5 Å². The number of benzene rings is 1. The molecule has 0 aromatic heterocycles. The SMILES string of the molecule is COc1cccc(C(CN)N2CCSC(C)C2C)c1OC. The van der Waals surface area contributed by atoms with E-state index < -0.39 is 0 Å². The molecule has 0 bridgehead atoms. The van der Waals surface area contributed by atoms with Gasteiger partial charge in [0.1, 0.15) is 0 Å². The van der Waals surface area contributed by atoms with Crippen LogP contribution in [-0.4, -0.2) is 49.3 Å². The maximum Gasteiger partial charge on any atom is 0.165 e. The van der Waals surface area contributed by atoms with Crippen molar-refractivity contribution in [1.82, 2.24) is 4.90 Å². The van der Waals surface area contributed by atoms with Crippen LogP contribution in [0.3, 0.4) is 0 Å². The molecular weight excluding hydrogens is 284 g/mol. The Hall–Kier alpha value is -0.910. The van der Waals surface area contributed by atoms with Gasteiger partial charge < -0.3 is 15.2 Å². The van der Waals surface area contributed by atoms with Gasteiger partial charge in [-0.1, -0.05) is 19.1 Å². The van der Waals surface area contributed by atoms with Gasteiger partial charge in [-0.25, -0.2) is 0 Å². The fourth-order valence-corrected chi connectivity index (χ4v) is 4.13. The molecular formula is C16H26N2O2S. The second-order valence-electron chi connectivity index (χ2n) is 5.39. The van der Waals surface area contributed by atoms with E-state index in [0.717, 1.165) is 29.4 Å². The number of thioether (sulfide) groups is 1. The standard InChI is InChI=1S/C16H26N2O2S/c1-11-12(2)21-9-8-18(11)14(10-17)13-6-5-7-15(19-3)16(13)20-4/h5-7,11-12,14H,8-10,17H2,1-4H3. The molecule has 3 atom stereocenters. The second-order valence-corrected chi connectivity index (χ2v) is 6.87. The average molecular weight is 310 g/mol. The zero-order chi connectivity index (χ0) is 15.4. The van der Waals surface area contributed by atoms with Crippen LogP contribution >= 0.6 is 11.8 Å². The first-order chi connectivity index (χ1) is 10.1. The minimum atomic E-state index is 0.161. The van der Waals surface area contributed by atoms with Gasteiger partial charge in [0, 0.05) is 35.7 Å². The van der Waals surface area contributed by atoms with E-state index >= 15 is 0 Å². The van der Waals surface area contributed by atoms with Gasteiger partial charge in [0.25, 0.3) is 0 Å². The van der Waals surface area contributed by atoms with Crippen molar-refractivity contribution >= 4 is 11.8 Å². The van der Waals surface area contributed by atoms with Crippen LogP contribution in [0.15, 0.2) is 18.2 Å². The van der Waals surface area contributed by atoms with Crippen molar-refractivity contribution in [3.63, 3.8) is 0 Å². The number of hydrogen-bond acceptors (Lipinski definition) is 5. The summed E-state index contributed by atoms with van der Waals surface area (Å²) in [5, 5.41) is 0.615. The molecule has 1 saturated heterocycles. The van der Waals surface area contributed by atoms with Crippen LogP contribution < -0.4 is 15.2 Å². The summed E-state index contributed by atoms with van der Waals surface area (Å²) in [5.74, 6) is 2.71. The molecule has 1 fully saturated rings. The van der Waals surface area contributed by atoms with E-state index in [-0.39, 0.29) is 6.04 Å². The number of nitrogens with zero attached hydrogens (tertiary/aromatic N) is 1. The molecule has 0 saturated carbocycles. The molecule has 1 aliphatic heterocycles. The number of methoxy groups -OCH3 is 2. The summed E-state index contributed by atoms with van der Waals surface area (Å²) in [6.45, 7) is 6.20. The van der Waals surface area contributed by atoms with Gasteiger partial charge in [0.05, 0.1) is 20.3 Å². The van der Waals surface area contributed by atoms with Gasteiger partial charge in [0.15, 0.2) is 11.5 Å². The van der Waals surface area contributed by atoms with Crippen molar-refractivity contribution < 1.29 is 9.47 Å². The lowest BCUT2D eigenvalue weighted by Crippen LogP contribution is -2.48. The molecule has 2 rings (SSSR count). The van der Waals surface area contributed by atoms with Crippen LogP contribution in [-0.2, 0) is 0 Å². The Labute approximate surface area is 132 Å². The maximum atomic E-state index is 6.11. The number of rotatable bonds is 5. The van der Waals surface area contributed by atoms with Gasteiger partial charge in [0.2, 0.25) is 0 Å². The van der Waals surface area contributed by atoms with Crippen molar-refractivity contribution in [2.24, 2.45) is 5.73 Å². The van der Waals surface area contributed by atoms with Crippen molar-refractivity contribution in [2.75, 3.05) is 33.1 Å². The van der Waals surface area contributed by atoms with E-state index in [1.807, 2.05) is 23.9 Å². The largest absolute Gasteiger partial charge is 0.493 e. The molecule has 0 aliphatic carbocycles. The second kappa shape index (κ2) is 7.38. The predicted octanol–water partition coefficient (Wildman–Crippen LogP) is 2.53. The van der Waals surface area contributed by atoms with Gasteiger partial charge in [-0.05, 0) is 13.0 Å². The Bertz CT molecular complexity index is 470. The highest BCUT2D eigenvalue weighted by Gasteiger charge is 2.32. The Morgan fingerprint density at radius 3 is 2.71 bits per heavy atom. The van der Waals surface area contributed by atoms with E-state index in [2.05, 4.69) is 24.8 Å². The van der Waals surface area contributed by atoms with Crippen LogP contribution in [0.25, 0.3) is 0 Å². The van der Waals surface area contributed by atoms with E-state index in [9.17, 15) is 0 Å². The highest BCUT2D eigenvalue weighted by atomic mass is 32.2. The number of nitrogens with two attached hydrogens (primary N) is 1. The van der Waals surface area contributed by atoms with Crippen molar-refractivity contribution in [3.05, 3.63) is 23.8 Å². The van der Waals surface area contributed by atoms with Gasteiger partial charge in [-0.15, -0.1) is 0 Å². The molecule has 1 heterocycles. The fourth-order valence-electron chi connectivity index (χ4n) is 3.01. The minimum absolute atomic E-state index is 0.161. The summed E-state index contributed by atoms with van der Waals surface area (Å²) in [6.07, 6.45) is 0. The Morgan fingerprint density at radius 2 is 2.10 bits per heavy atom. The molecule has 0 radical (unpaired) electrons. The summed E-state index contributed by atoms with van der Waals surface area (Å²) in [6, 6.07) is 6.68. The third-order valence-corrected chi connectivity index (χ3v) is 5.69. The van der Waals surface area contributed by atoms with Crippen molar-refractivity contribution in [2.45, 2.75) is 31.2 Å². The Kier molecular flexibility index (Phi) is 5.79. The molecule has 3 unspecified atom stereocenters. The molecule has 21 heavy (non-hydrogen) atoms. The topological polar surface area (TPSA) is 47.7 Å². The molecule has 1 aromatic carbocycles. The molecule has 1 aromatic rings. The van der Waals surface area contributed by atoms with E-state index in [4.69, 9.17) is 15.2 Å². The van der Waals surface area contributed by atoms with Crippen LogP contribution in [0, 0.1) is 0 Å². The first kappa shape index (κ1) is 16.5. The summed E-state index contributed by atoms with van der Waals surface area (Å²) < 4.78 is 11.0. The normalized spacial score (nSPS) is 24.6. The monoisotopic (exact) mass is 310 g/mol. The van der Waals surface area contributed by atoms with Gasteiger partial charge >= 0.3 is 0 Å². The highest BCUT2D eigenvalue weighted by Crippen LogP contribution is 2.39. The Morgan fingerprint density at radius 1 is 1.33 bits per heavy atom. The average Bonchev–Trinajstić information content (AvgIpc) is 2.51. The van der Waals surface area contributed by atoms with E-state index in [1.54, 1.807) is 14.2 Å². The quantitative estimate of drug-likeness (QED) is 0.905. The van der Waals surface area contributed by atoms with Crippen LogP contribution in [0.2, 0.25) is 0 Å². The number of ether oxygens (including phenoxy) is 2. The van der Waals surface area contributed by atoms with E-state index in [1.165, 1.54) is 0 Å². The van der Waals surface area contributed by atoms with Gasteiger partial charge in [-0.3, -0.25) is 4.90 Å². The molecule has 2 N–H and O–H groups in total. The zero-order valence-electron chi connectivity index (χ0n) is 13.3. The maximum absolute atomic E-state index is 6.11. The first-order valence-corrected chi connectivity index (χ1v) is 8.47. The number of hydrogen-bond donors (Lipinski definition) is 1. The number of para-hydroxylation sites is 1. The molecule has 0 spiro atoms. The zero-order valence-corrected chi connectivity index (χ0v) is 14.2. The first-order valence-electron chi connectivity index (χ1n) is 7.42. The lowest BCUT2D eigenvalue weighted by Gasteiger charge is -2.42. The molecule has 0 amide bonds. The fraction of sp³-hybridized carbons (Fsp3) is 0.625. The molecule has 118 valence electrons. The summed E-state index contributed by atoms with van der Waals surface area (Å²) in [4.78, 5) is 2.50. The Balaban J connectivity index is 2.37. The van der Waals surface area contributed by atoms with Crippen LogP contribution in [0.4, 0.5) is 0 Å².